The first-order valence-corrected chi connectivity index (χ1v) is 9.00. The van der Waals surface area contributed by atoms with Crippen LogP contribution in [0.4, 0.5) is 0 Å². The number of aromatic amines is 1. The van der Waals surface area contributed by atoms with Gasteiger partial charge in [-0.1, -0.05) is 47.5 Å². The first-order chi connectivity index (χ1) is 12.4. The minimum atomic E-state index is -0.162. The zero-order valence-electron chi connectivity index (χ0n) is 14.5. The lowest BCUT2D eigenvalue weighted by atomic mass is 10.1. The van der Waals surface area contributed by atoms with E-state index in [-0.39, 0.29) is 18.5 Å². The van der Waals surface area contributed by atoms with Gasteiger partial charge in [0.1, 0.15) is 6.54 Å². The highest BCUT2D eigenvalue weighted by Crippen LogP contribution is 2.20. The molecular formula is C19H19ClN4OS. The van der Waals surface area contributed by atoms with Crippen molar-refractivity contribution in [2.24, 2.45) is 0 Å². The van der Waals surface area contributed by atoms with Crippen LogP contribution < -0.4 is 5.32 Å². The van der Waals surface area contributed by atoms with Gasteiger partial charge < -0.3 is 5.32 Å². The van der Waals surface area contributed by atoms with Crippen molar-refractivity contribution in [3.63, 3.8) is 0 Å². The molecule has 3 rings (SSSR count). The molecule has 1 unspecified atom stereocenters. The van der Waals surface area contributed by atoms with Crippen LogP contribution in [-0.2, 0) is 11.3 Å². The summed E-state index contributed by atoms with van der Waals surface area (Å²) >= 11 is 11.3. The van der Waals surface area contributed by atoms with E-state index in [0.29, 0.717) is 15.6 Å². The molecule has 5 nitrogen and oxygen atoms in total. The van der Waals surface area contributed by atoms with Gasteiger partial charge >= 0.3 is 0 Å². The first-order valence-electron chi connectivity index (χ1n) is 8.21. The number of nitrogens with zero attached hydrogens (tertiary/aromatic N) is 2. The van der Waals surface area contributed by atoms with Crippen molar-refractivity contribution < 1.29 is 4.79 Å². The number of carbonyl (C=O) groups is 1. The second-order valence-electron chi connectivity index (χ2n) is 6.15. The van der Waals surface area contributed by atoms with Crippen molar-refractivity contribution in [1.82, 2.24) is 20.1 Å². The Kier molecular flexibility index (Phi) is 5.54. The zero-order valence-corrected chi connectivity index (χ0v) is 16.1. The third-order valence-electron chi connectivity index (χ3n) is 4.06. The van der Waals surface area contributed by atoms with Crippen molar-refractivity contribution in [2.75, 3.05) is 0 Å². The van der Waals surface area contributed by atoms with E-state index < -0.39 is 0 Å². The lowest BCUT2D eigenvalue weighted by Crippen LogP contribution is -2.30. The van der Waals surface area contributed by atoms with Gasteiger partial charge in [-0.3, -0.25) is 14.5 Å². The lowest BCUT2D eigenvalue weighted by Gasteiger charge is -2.15. The molecule has 3 aromatic rings. The number of halogens is 1. The van der Waals surface area contributed by atoms with Gasteiger partial charge in [-0.25, -0.2) is 0 Å². The molecule has 0 spiro atoms. The van der Waals surface area contributed by atoms with Gasteiger partial charge in [-0.05, 0) is 49.8 Å². The Bertz CT molecular complexity index is 995. The van der Waals surface area contributed by atoms with E-state index in [1.807, 2.05) is 56.3 Å². The average Bonchev–Trinajstić information content (AvgIpc) is 2.95. The highest BCUT2D eigenvalue weighted by Gasteiger charge is 2.15. The Hall–Kier alpha value is -2.44. The van der Waals surface area contributed by atoms with Gasteiger partial charge in [0.15, 0.2) is 10.6 Å². The number of aromatic nitrogens is 3. The molecular weight excluding hydrogens is 368 g/mol. The standard InChI is InChI=1S/C19H19ClN4OS/c1-12-5-3-7-15(9-12)18-22-23-19(26)24(18)11-17(25)21-13(2)14-6-4-8-16(20)10-14/h3-10,13H,11H2,1-2H3,(H,21,25)(H,23,26). The van der Waals surface area contributed by atoms with Gasteiger partial charge in [0.05, 0.1) is 6.04 Å². The molecule has 2 N–H and O–H groups in total. The number of nitrogens with one attached hydrogen (secondary N) is 2. The molecule has 1 amide bonds. The number of aryl methyl sites for hydroxylation is 1. The normalized spacial score (nSPS) is 12.0. The summed E-state index contributed by atoms with van der Waals surface area (Å²) in [5, 5.41) is 10.7. The van der Waals surface area contributed by atoms with E-state index in [1.54, 1.807) is 10.6 Å². The Morgan fingerprint density at radius 2 is 2.08 bits per heavy atom. The zero-order chi connectivity index (χ0) is 18.7. The van der Waals surface area contributed by atoms with Crippen LogP contribution in [-0.4, -0.2) is 20.7 Å². The molecule has 1 heterocycles. The van der Waals surface area contributed by atoms with Crippen molar-refractivity contribution in [1.29, 1.82) is 0 Å². The number of hydrogen-bond donors (Lipinski definition) is 2. The number of amides is 1. The second-order valence-corrected chi connectivity index (χ2v) is 6.98. The molecule has 0 radical (unpaired) electrons. The maximum Gasteiger partial charge on any atom is 0.240 e. The maximum absolute atomic E-state index is 12.5. The van der Waals surface area contributed by atoms with Crippen LogP contribution in [0.5, 0.6) is 0 Å². The van der Waals surface area contributed by atoms with Crippen LogP contribution in [0.2, 0.25) is 5.02 Å². The van der Waals surface area contributed by atoms with Gasteiger partial charge in [0.2, 0.25) is 5.91 Å². The molecule has 0 aliphatic rings. The van der Waals surface area contributed by atoms with Crippen LogP contribution in [0, 0.1) is 11.7 Å². The quantitative estimate of drug-likeness (QED) is 0.637. The molecule has 0 aliphatic carbocycles. The molecule has 7 heteroatoms. The van der Waals surface area contributed by atoms with Crippen LogP contribution in [0.15, 0.2) is 48.5 Å². The highest BCUT2D eigenvalue weighted by molar-refractivity contribution is 7.71. The lowest BCUT2D eigenvalue weighted by molar-refractivity contribution is -0.122. The summed E-state index contributed by atoms with van der Waals surface area (Å²) in [6.45, 7) is 4.01. The third kappa shape index (κ3) is 4.20. The van der Waals surface area contributed by atoms with E-state index in [1.165, 1.54) is 0 Å². The molecule has 0 saturated carbocycles. The minimum absolute atomic E-state index is 0.0868. The summed E-state index contributed by atoms with van der Waals surface area (Å²) in [5.41, 5.74) is 2.97. The number of hydrogen-bond acceptors (Lipinski definition) is 3. The van der Waals surface area contributed by atoms with Crippen molar-refractivity contribution in [3.8, 4) is 11.4 Å². The first kappa shape index (κ1) is 18.4. The average molecular weight is 387 g/mol. The van der Waals surface area contributed by atoms with E-state index in [4.69, 9.17) is 23.8 Å². The van der Waals surface area contributed by atoms with E-state index >= 15 is 0 Å². The Balaban J connectivity index is 1.78. The molecule has 0 fully saturated rings. The smallest absolute Gasteiger partial charge is 0.240 e. The molecule has 134 valence electrons. The van der Waals surface area contributed by atoms with Crippen molar-refractivity contribution in [2.45, 2.75) is 26.4 Å². The summed E-state index contributed by atoms with van der Waals surface area (Å²) < 4.78 is 2.11. The van der Waals surface area contributed by atoms with Crippen LogP contribution in [0.25, 0.3) is 11.4 Å². The van der Waals surface area contributed by atoms with Gasteiger partial charge in [-0.2, -0.15) is 5.10 Å². The monoisotopic (exact) mass is 386 g/mol. The SMILES string of the molecule is Cc1cccc(-c2n[nH]c(=S)n2CC(=O)NC(C)c2cccc(Cl)c2)c1. The summed E-state index contributed by atoms with van der Waals surface area (Å²) in [7, 11) is 0. The molecule has 26 heavy (non-hydrogen) atoms. The molecule has 1 atom stereocenters. The van der Waals surface area contributed by atoms with Gasteiger partial charge in [0.25, 0.3) is 0 Å². The topological polar surface area (TPSA) is 62.7 Å². The van der Waals surface area contributed by atoms with Gasteiger partial charge in [-0.15, -0.1) is 0 Å². The molecule has 2 aromatic carbocycles. The second kappa shape index (κ2) is 7.85. The number of benzene rings is 2. The minimum Gasteiger partial charge on any atom is -0.348 e. The summed E-state index contributed by atoms with van der Waals surface area (Å²) in [6.07, 6.45) is 0. The number of rotatable bonds is 5. The number of H-pyrrole nitrogens is 1. The van der Waals surface area contributed by atoms with Gasteiger partial charge in [0, 0.05) is 10.6 Å². The maximum atomic E-state index is 12.5. The third-order valence-corrected chi connectivity index (χ3v) is 4.61. The molecule has 0 bridgehead atoms. The van der Waals surface area contributed by atoms with Crippen LogP contribution in [0.3, 0.4) is 0 Å². The Labute approximate surface area is 162 Å². The fourth-order valence-corrected chi connectivity index (χ4v) is 3.15. The summed E-state index contributed by atoms with van der Waals surface area (Å²) in [6, 6.07) is 15.2. The molecule has 0 aliphatic heterocycles. The predicted molar refractivity (Wildman–Crippen MR) is 106 cm³/mol. The van der Waals surface area contributed by atoms with E-state index in [2.05, 4.69) is 15.5 Å². The van der Waals surface area contributed by atoms with Crippen molar-refractivity contribution >= 4 is 29.7 Å². The molecule has 0 saturated heterocycles. The molecule has 1 aromatic heterocycles. The highest BCUT2D eigenvalue weighted by atomic mass is 35.5. The fraction of sp³-hybridized carbons (Fsp3) is 0.211. The summed E-state index contributed by atoms with van der Waals surface area (Å²) in [5.74, 6) is 0.494. The van der Waals surface area contributed by atoms with Crippen LogP contribution in [0.1, 0.15) is 24.1 Å². The predicted octanol–water partition coefficient (Wildman–Crippen LogP) is 4.45. The summed E-state index contributed by atoms with van der Waals surface area (Å²) in [4.78, 5) is 12.5. The van der Waals surface area contributed by atoms with E-state index in [0.717, 1.165) is 16.7 Å². The fourth-order valence-electron chi connectivity index (χ4n) is 2.76. The van der Waals surface area contributed by atoms with E-state index in [9.17, 15) is 4.79 Å². The Morgan fingerprint density at radius 1 is 1.31 bits per heavy atom. The Morgan fingerprint density at radius 3 is 2.81 bits per heavy atom. The number of carbonyl (C=O) groups excluding carboxylic acids is 1. The van der Waals surface area contributed by atoms with Crippen molar-refractivity contribution in [3.05, 3.63) is 69.5 Å². The van der Waals surface area contributed by atoms with Crippen LogP contribution >= 0.6 is 23.8 Å². The largest absolute Gasteiger partial charge is 0.348 e.